The fourth-order valence-corrected chi connectivity index (χ4v) is 2.14. The van der Waals surface area contributed by atoms with Crippen LogP contribution in [0.4, 0.5) is 5.69 Å². The monoisotopic (exact) mass is 256 g/mol. The fourth-order valence-electron chi connectivity index (χ4n) is 2.14. The molecule has 3 rings (SSSR count). The number of fused-ring (bicyclic) bond motifs is 1. The molecule has 2 heterocycles. The molecule has 2 aromatic rings. The Kier molecular flexibility index (Phi) is 3.23. The van der Waals surface area contributed by atoms with Crippen molar-refractivity contribution in [3.8, 4) is 11.6 Å². The molecule has 1 aromatic carbocycles. The maximum absolute atomic E-state index is 5.49. The molecule has 0 radical (unpaired) electrons. The van der Waals surface area contributed by atoms with E-state index < -0.39 is 0 Å². The summed E-state index contributed by atoms with van der Waals surface area (Å²) in [5, 5.41) is 3.39. The second-order valence-electron chi connectivity index (χ2n) is 4.48. The number of hydrogen-bond acceptors (Lipinski definition) is 4. The summed E-state index contributed by atoms with van der Waals surface area (Å²) in [6.07, 6.45) is 2.82. The van der Waals surface area contributed by atoms with Crippen molar-refractivity contribution in [2.45, 2.75) is 13.0 Å². The second-order valence-corrected chi connectivity index (χ2v) is 4.48. The van der Waals surface area contributed by atoms with E-state index in [1.165, 1.54) is 5.56 Å². The van der Waals surface area contributed by atoms with Gasteiger partial charge in [-0.1, -0.05) is 6.07 Å². The minimum Gasteiger partial charge on any atom is -0.493 e. The Balaban J connectivity index is 1.65. The smallest absolute Gasteiger partial charge is 0.212 e. The van der Waals surface area contributed by atoms with E-state index in [2.05, 4.69) is 16.4 Å². The van der Waals surface area contributed by atoms with Crippen LogP contribution in [0.3, 0.4) is 0 Å². The number of methoxy groups -OCH3 is 1. The zero-order valence-electron chi connectivity index (χ0n) is 10.8. The topological polar surface area (TPSA) is 43.4 Å². The minimum absolute atomic E-state index is 0.637. The summed E-state index contributed by atoms with van der Waals surface area (Å²) in [6, 6.07) is 10.1. The normalized spacial score (nSPS) is 12.7. The quantitative estimate of drug-likeness (QED) is 0.913. The third-order valence-electron chi connectivity index (χ3n) is 3.19. The van der Waals surface area contributed by atoms with Gasteiger partial charge in [0.1, 0.15) is 5.75 Å². The van der Waals surface area contributed by atoms with Gasteiger partial charge in [-0.05, 0) is 29.3 Å². The van der Waals surface area contributed by atoms with Gasteiger partial charge in [0.15, 0.2) is 0 Å². The molecule has 1 aliphatic rings. The Morgan fingerprint density at radius 3 is 3.05 bits per heavy atom. The lowest BCUT2D eigenvalue weighted by Gasteiger charge is -2.08. The molecule has 4 heteroatoms. The highest BCUT2D eigenvalue weighted by atomic mass is 16.5. The number of rotatable bonds is 4. The molecule has 1 N–H and O–H groups in total. The summed E-state index contributed by atoms with van der Waals surface area (Å²) in [6.45, 7) is 1.54. The van der Waals surface area contributed by atoms with Crippen LogP contribution in [-0.2, 0) is 13.0 Å². The van der Waals surface area contributed by atoms with Crippen molar-refractivity contribution < 1.29 is 9.47 Å². The predicted octanol–water partition coefficient (Wildman–Crippen LogP) is 2.64. The molecular weight excluding hydrogens is 240 g/mol. The zero-order valence-corrected chi connectivity index (χ0v) is 10.8. The molecule has 0 aliphatic carbocycles. The van der Waals surface area contributed by atoms with Gasteiger partial charge >= 0.3 is 0 Å². The summed E-state index contributed by atoms with van der Waals surface area (Å²) in [5.74, 6) is 1.65. The minimum atomic E-state index is 0.637. The summed E-state index contributed by atoms with van der Waals surface area (Å²) in [4.78, 5) is 4.19. The van der Waals surface area contributed by atoms with Crippen LogP contribution in [0, 0.1) is 0 Å². The van der Waals surface area contributed by atoms with Crippen LogP contribution < -0.4 is 14.8 Å². The van der Waals surface area contributed by atoms with E-state index in [4.69, 9.17) is 9.47 Å². The van der Waals surface area contributed by atoms with Crippen molar-refractivity contribution in [2.75, 3.05) is 19.0 Å². The molecule has 0 saturated carbocycles. The van der Waals surface area contributed by atoms with Crippen LogP contribution in [0.2, 0.25) is 0 Å². The number of nitrogens with zero attached hydrogens (tertiary/aromatic N) is 1. The van der Waals surface area contributed by atoms with E-state index in [-0.39, 0.29) is 0 Å². The van der Waals surface area contributed by atoms with E-state index in [9.17, 15) is 0 Å². The average molecular weight is 256 g/mol. The number of nitrogens with one attached hydrogen (secondary N) is 1. The van der Waals surface area contributed by atoms with Gasteiger partial charge in [-0.25, -0.2) is 4.98 Å². The van der Waals surface area contributed by atoms with Gasteiger partial charge in [0, 0.05) is 30.9 Å². The summed E-state index contributed by atoms with van der Waals surface area (Å²) < 4.78 is 10.5. The molecule has 98 valence electrons. The predicted molar refractivity (Wildman–Crippen MR) is 73.8 cm³/mol. The van der Waals surface area contributed by atoms with Crippen molar-refractivity contribution in [3.63, 3.8) is 0 Å². The van der Waals surface area contributed by atoms with E-state index in [1.54, 1.807) is 7.11 Å². The molecule has 19 heavy (non-hydrogen) atoms. The number of benzene rings is 1. The Morgan fingerprint density at radius 1 is 1.32 bits per heavy atom. The highest BCUT2D eigenvalue weighted by Crippen LogP contribution is 2.28. The Labute approximate surface area is 112 Å². The number of aromatic nitrogens is 1. The van der Waals surface area contributed by atoms with Crippen LogP contribution in [0.1, 0.15) is 11.1 Å². The number of hydrogen-bond donors (Lipinski definition) is 1. The second kappa shape index (κ2) is 5.18. The summed E-state index contributed by atoms with van der Waals surface area (Å²) in [5.41, 5.74) is 3.51. The van der Waals surface area contributed by atoms with Gasteiger partial charge in [0.2, 0.25) is 5.88 Å². The van der Waals surface area contributed by atoms with E-state index in [1.807, 2.05) is 30.5 Å². The molecule has 0 unspecified atom stereocenters. The maximum atomic E-state index is 5.49. The molecule has 0 amide bonds. The van der Waals surface area contributed by atoms with Gasteiger partial charge in [0.05, 0.1) is 13.7 Å². The molecule has 0 fully saturated rings. The lowest BCUT2D eigenvalue weighted by atomic mass is 10.1. The third-order valence-corrected chi connectivity index (χ3v) is 3.19. The molecule has 0 atom stereocenters. The number of anilines is 1. The van der Waals surface area contributed by atoms with E-state index in [0.717, 1.165) is 36.6 Å². The first kappa shape index (κ1) is 11.8. The Morgan fingerprint density at radius 2 is 2.26 bits per heavy atom. The lowest BCUT2D eigenvalue weighted by Crippen LogP contribution is -2.00. The SMILES string of the molecule is COc1ccc(CNc2ccc3c(c2)CCO3)cn1. The molecule has 4 nitrogen and oxygen atoms in total. The van der Waals surface area contributed by atoms with Gasteiger partial charge in [-0.2, -0.15) is 0 Å². The highest BCUT2D eigenvalue weighted by molar-refractivity contribution is 5.52. The maximum Gasteiger partial charge on any atom is 0.212 e. The van der Waals surface area contributed by atoms with Crippen LogP contribution in [0.25, 0.3) is 0 Å². The molecule has 0 bridgehead atoms. The summed E-state index contributed by atoms with van der Waals surface area (Å²) in [7, 11) is 1.62. The van der Waals surface area contributed by atoms with Crippen molar-refractivity contribution in [1.82, 2.24) is 4.98 Å². The van der Waals surface area contributed by atoms with Crippen LogP contribution in [0.15, 0.2) is 36.5 Å². The standard InChI is InChI=1S/C15H16N2O2/c1-18-15-5-2-11(10-17-15)9-16-13-3-4-14-12(8-13)6-7-19-14/h2-5,8,10,16H,6-7,9H2,1H3. The fraction of sp³-hybridized carbons (Fsp3) is 0.267. The van der Waals surface area contributed by atoms with Crippen LogP contribution in [-0.4, -0.2) is 18.7 Å². The van der Waals surface area contributed by atoms with E-state index in [0.29, 0.717) is 5.88 Å². The molecule has 0 spiro atoms. The van der Waals surface area contributed by atoms with Crippen LogP contribution in [0.5, 0.6) is 11.6 Å². The largest absolute Gasteiger partial charge is 0.493 e. The van der Waals surface area contributed by atoms with Gasteiger partial charge in [0.25, 0.3) is 0 Å². The third kappa shape index (κ3) is 2.62. The Hall–Kier alpha value is -2.23. The highest BCUT2D eigenvalue weighted by Gasteiger charge is 2.11. The number of ether oxygens (including phenoxy) is 2. The van der Waals surface area contributed by atoms with Crippen molar-refractivity contribution >= 4 is 5.69 Å². The average Bonchev–Trinajstić information content (AvgIpc) is 2.93. The molecule has 1 aliphatic heterocycles. The van der Waals surface area contributed by atoms with Crippen LogP contribution >= 0.6 is 0 Å². The van der Waals surface area contributed by atoms with Crippen molar-refractivity contribution in [3.05, 3.63) is 47.7 Å². The molecular formula is C15H16N2O2. The van der Waals surface area contributed by atoms with Crippen molar-refractivity contribution in [1.29, 1.82) is 0 Å². The van der Waals surface area contributed by atoms with Crippen molar-refractivity contribution in [2.24, 2.45) is 0 Å². The van der Waals surface area contributed by atoms with Gasteiger partial charge in [-0.15, -0.1) is 0 Å². The first-order chi connectivity index (χ1) is 9.35. The lowest BCUT2D eigenvalue weighted by molar-refractivity contribution is 0.357. The first-order valence-electron chi connectivity index (χ1n) is 6.34. The first-order valence-corrected chi connectivity index (χ1v) is 6.34. The summed E-state index contributed by atoms with van der Waals surface area (Å²) >= 11 is 0. The van der Waals surface area contributed by atoms with Gasteiger partial charge < -0.3 is 14.8 Å². The molecule has 0 saturated heterocycles. The zero-order chi connectivity index (χ0) is 13.1. The van der Waals surface area contributed by atoms with E-state index >= 15 is 0 Å². The molecule has 1 aromatic heterocycles. The number of pyridine rings is 1. The van der Waals surface area contributed by atoms with Gasteiger partial charge in [-0.3, -0.25) is 0 Å². The Bertz CT molecular complexity index is 567.